The van der Waals surface area contributed by atoms with Gasteiger partial charge in [0.2, 0.25) is 0 Å². The van der Waals surface area contributed by atoms with Gasteiger partial charge in [-0.2, -0.15) is 0 Å². The third kappa shape index (κ3) is 7.24. The fourth-order valence-electron chi connectivity index (χ4n) is 13.1. The molecule has 0 unspecified atom stereocenters. The summed E-state index contributed by atoms with van der Waals surface area (Å²) >= 11 is 7.08. The van der Waals surface area contributed by atoms with E-state index >= 15 is 0 Å². The number of aromatic nitrogens is 4. The largest absolute Gasteiger partial charge is 0.481 e. The topological polar surface area (TPSA) is 175 Å². The number of imidazole rings is 2. The molecule has 0 radical (unpaired) electrons. The Bertz CT molecular complexity index is 2580. The van der Waals surface area contributed by atoms with Crippen LogP contribution in [0.5, 0.6) is 0 Å². The summed E-state index contributed by atoms with van der Waals surface area (Å²) in [6, 6.07) is 11.2. The number of amides is 2. The van der Waals surface area contributed by atoms with Crippen molar-refractivity contribution in [3.63, 3.8) is 0 Å². The van der Waals surface area contributed by atoms with Crippen LogP contribution in [0.4, 0.5) is 11.4 Å². The van der Waals surface area contributed by atoms with Gasteiger partial charge in [-0.3, -0.25) is 29.0 Å². The van der Waals surface area contributed by atoms with Crippen LogP contribution in [0.1, 0.15) is 127 Å². The van der Waals surface area contributed by atoms with E-state index in [9.17, 15) is 29.4 Å². The van der Waals surface area contributed by atoms with Crippen molar-refractivity contribution in [3.05, 3.63) is 81.4 Å². The first-order valence-electron chi connectivity index (χ1n) is 23.1. The molecule has 2 aromatic heterocycles. The smallest absolute Gasteiger partial charge is 0.309 e. The lowest BCUT2D eigenvalue weighted by Gasteiger charge is -2.35. The Morgan fingerprint density at radius 1 is 0.688 bits per heavy atom. The molecule has 14 nitrogen and oxygen atoms in total. The molecule has 0 spiro atoms. The Morgan fingerprint density at radius 3 is 1.77 bits per heavy atom. The summed E-state index contributed by atoms with van der Waals surface area (Å²) in [5.74, 6) is -1.24. The Morgan fingerprint density at radius 2 is 1.19 bits per heavy atom. The van der Waals surface area contributed by atoms with Gasteiger partial charge in [0, 0.05) is 82.3 Å². The number of rotatable bonds is 13. The molecule has 2 aromatic carbocycles. The van der Waals surface area contributed by atoms with Gasteiger partial charge in [-0.05, 0) is 125 Å². The minimum atomic E-state index is -0.646. The number of hydrogen-bond acceptors (Lipinski definition) is 8. The van der Waals surface area contributed by atoms with Crippen molar-refractivity contribution >= 4 is 46.7 Å². The van der Waals surface area contributed by atoms with Gasteiger partial charge in [-0.1, -0.05) is 35.9 Å². The third-order valence-corrected chi connectivity index (χ3v) is 17.2. The van der Waals surface area contributed by atoms with E-state index in [1.807, 2.05) is 60.5 Å². The second-order valence-corrected chi connectivity index (χ2v) is 20.8. The molecule has 338 valence electrons. The van der Waals surface area contributed by atoms with E-state index in [-0.39, 0.29) is 22.6 Å². The molecule has 4 aliphatic carbocycles. The molecule has 0 atom stereocenters. The third-order valence-electron chi connectivity index (χ3n) is 16.8. The van der Waals surface area contributed by atoms with Crippen LogP contribution in [-0.4, -0.2) is 89.0 Å². The Hall–Kier alpha value is -5.05. The number of fused-ring (bicyclic) bond motifs is 6. The Kier molecular flexibility index (Phi) is 10.6. The van der Waals surface area contributed by atoms with Crippen molar-refractivity contribution in [3.8, 4) is 11.1 Å². The van der Waals surface area contributed by atoms with Crippen LogP contribution in [0, 0.1) is 28.6 Å². The molecule has 6 aliphatic rings. The molecule has 4 heterocycles. The Balaban J connectivity index is 0.778. The van der Waals surface area contributed by atoms with Gasteiger partial charge < -0.3 is 30.0 Å². The van der Waals surface area contributed by atoms with E-state index in [0.29, 0.717) is 46.7 Å². The van der Waals surface area contributed by atoms with Crippen LogP contribution in [0.2, 0.25) is 5.02 Å². The average Bonchev–Trinajstić information content (AvgIpc) is 4.13. The number of aliphatic carboxylic acids is 2. The molecule has 2 aliphatic heterocycles. The number of benzene rings is 2. The molecule has 15 heteroatoms. The number of nitrogens with zero attached hydrogens (tertiary/aromatic N) is 6. The summed E-state index contributed by atoms with van der Waals surface area (Å²) in [6.07, 6.45) is 12.4. The molecular weight excluding hydrogens is 832 g/mol. The van der Waals surface area contributed by atoms with Gasteiger partial charge in [0.15, 0.2) is 11.6 Å². The fraction of sp³-hybridized carbons (Fsp3) is 0.551. The highest BCUT2D eigenvalue weighted by Crippen LogP contribution is 2.64. The van der Waals surface area contributed by atoms with Crippen LogP contribution in [-0.2, 0) is 49.6 Å². The van der Waals surface area contributed by atoms with Crippen LogP contribution < -0.4 is 10.6 Å². The van der Waals surface area contributed by atoms with Crippen molar-refractivity contribution in [1.29, 1.82) is 0 Å². The lowest BCUT2D eigenvalue weighted by molar-refractivity contribution is -0.149. The van der Waals surface area contributed by atoms with Crippen molar-refractivity contribution in [2.75, 3.05) is 36.8 Å². The molecule has 64 heavy (non-hydrogen) atoms. The summed E-state index contributed by atoms with van der Waals surface area (Å²) < 4.78 is 3.79. The minimum absolute atomic E-state index is 0.0478. The number of anilines is 2. The summed E-state index contributed by atoms with van der Waals surface area (Å²) in [4.78, 5) is 66.2. The van der Waals surface area contributed by atoms with E-state index in [1.54, 1.807) is 6.07 Å². The molecule has 2 amide bonds. The fourth-order valence-corrected chi connectivity index (χ4v) is 13.4. The number of nitrogens with one attached hydrogen (secondary N) is 2. The minimum Gasteiger partial charge on any atom is -0.481 e. The maximum absolute atomic E-state index is 13.9. The number of carboxylic acids is 2. The highest BCUT2D eigenvalue weighted by molar-refractivity contribution is 6.36. The molecule has 10 rings (SSSR count). The summed E-state index contributed by atoms with van der Waals surface area (Å²) in [7, 11) is 3.78. The van der Waals surface area contributed by atoms with E-state index in [0.717, 1.165) is 150 Å². The maximum atomic E-state index is 13.9. The van der Waals surface area contributed by atoms with E-state index < -0.39 is 22.8 Å². The lowest BCUT2D eigenvalue weighted by atomic mass is 9.79. The highest BCUT2D eigenvalue weighted by atomic mass is 35.5. The summed E-state index contributed by atoms with van der Waals surface area (Å²) in [5.41, 5.74) is 6.55. The van der Waals surface area contributed by atoms with E-state index in [2.05, 4.69) is 20.4 Å². The standard InChI is InChI=1S/C49H59ClN8O6/c1-30-31(7-4-9-33(30)53-42(59)40-51-35-25-57(23-11-37(35)55(40)2)22-6-13-46-14-18-48(27-46,19-15-46)44(61)62)32-8-5-10-34(39(32)50)54-43(60)41-52-36-26-58(24-12-38(36)56(41)3)29-47-16-20-49(28-47,21-17-47)45(63)64/h4-5,7-10H,6,11-29H2,1-3H3,(H,53,59)(H,54,60)(H,61,62)(H,63,64). The molecule has 0 saturated heterocycles. The molecule has 4 N–H and O–H groups in total. The van der Waals surface area contributed by atoms with E-state index in [4.69, 9.17) is 21.6 Å². The maximum Gasteiger partial charge on any atom is 0.309 e. The zero-order valence-corrected chi connectivity index (χ0v) is 38.0. The van der Waals surface area contributed by atoms with Crippen molar-refractivity contribution < 1.29 is 29.4 Å². The van der Waals surface area contributed by atoms with Crippen LogP contribution in [0.15, 0.2) is 36.4 Å². The Labute approximate surface area is 378 Å². The molecule has 4 fully saturated rings. The van der Waals surface area contributed by atoms with Gasteiger partial charge in [0.05, 0.1) is 32.9 Å². The van der Waals surface area contributed by atoms with Crippen molar-refractivity contribution in [1.82, 2.24) is 28.9 Å². The van der Waals surface area contributed by atoms with Gasteiger partial charge in [0.25, 0.3) is 11.8 Å². The second-order valence-electron chi connectivity index (χ2n) is 20.4. The second kappa shape index (κ2) is 15.8. The van der Waals surface area contributed by atoms with Crippen LogP contribution in [0.25, 0.3) is 11.1 Å². The van der Waals surface area contributed by atoms with E-state index in [1.165, 1.54) is 0 Å². The van der Waals surface area contributed by atoms with Crippen molar-refractivity contribution in [2.24, 2.45) is 35.8 Å². The average molecular weight is 892 g/mol. The number of carboxylic acid groups (broad SMARTS) is 2. The predicted octanol–water partition coefficient (Wildman–Crippen LogP) is 7.85. The number of carbonyl (C=O) groups is 4. The predicted molar refractivity (Wildman–Crippen MR) is 242 cm³/mol. The van der Waals surface area contributed by atoms with Crippen LogP contribution >= 0.6 is 11.6 Å². The molecule has 4 saturated carbocycles. The SMILES string of the molecule is Cc1c(NC(=O)c2nc3c(n2C)CCN(CCCC24CCC(C(=O)O)(CC2)C4)C3)cccc1-c1cccc(NC(=O)c2nc3c(n2C)CCN(CC24CCC(C(=O)O)(CC2)C4)C3)c1Cl. The molecular formula is C49H59ClN8O6. The number of carbonyl (C=O) groups excluding carboxylic acids is 2. The van der Waals surface area contributed by atoms with Gasteiger partial charge in [0.1, 0.15) is 0 Å². The quantitative estimate of drug-likeness (QED) is 0.104. The first-order chi connectivity index (χ1) is 30.6. The van der Waals surface area contributed by atoms with Gasteiger partial charge in [-0.15, -0.1) is 0 Å². The zero-order valence-electron chi connectivity index (χ0n) is 37.2. The first kappa shape index (κ1) is 42.9. The molecule has 4 bridgehead atoms. The first-order valence-corrected chi connectivity index (χ1v) is 23.5. The highest BCUT2D eigenvalue weighted by Gasteiger charge is 2.59. The number of halogens is 1. The number of hydrogen-bond donors (Lipinski definition) is 4. The van der Waals surface area contributed by atoms with Crippen LogP contribution in [0.3, 0.4) is 0 Å². The summed E-state index contributed by atoms with van der Waals surface area (Å²) in [5, 5.41) is 26.2. The van der Waals surface area contributed by atoms with Crippen molar-refractivity contribution in [2.45, 2.75) is 110 Å². The summed E-state index contributed by atoms with van der Waals surface area (Å²) in [6.45, 7) is 6.78. The monoisotopic (exact) mass is 890 g/mol. The zero-order chi connectivity index (χ0) is 44.8. The lowest BCUT2D eigenvalue weighted by Crippen LogP contribution is -2.39. The molecule has 4 aromatic rings. The van der Waals surface area contributed by atoms with Gasteiger partial charge in [-0.25, -0.2) is 9.97 Å². The van der Waals surface area contributed by atoms with Gasteiger partial charge >= 0.3 is 11.9 Å². The normalized spacial score (nSPS) is 27.1.